The van der Waals surface area contributed by atoms with Crippen LogP contribution in [0.15, 0.2) is 72.5 Å². The second kappa shape index (κ2) is 9.51. The molecule has 3 heterocycles. The summed E-state index contributed by atoms with van der Waals surface area (Å²) in [6, 6.07) is 14.1. The van der Waals surface area contributed by atoms with Crippen molar-refractivity contribution in [1.29, 1.82) is 0 Å². The lowest BCUT2D eigenvalue weighted by Gasteiger charge is -2.11. The second-order valence-electron chi connectivity index (χ2n) is 8.24. The summed E-state index contributed by atoms with van der Waals surface area (Å²) < 4.78 is 2.59. The van der Waals surface area contributed by atoms with Gasteiger partial charge in [0.2, 0.25) is 0 Å². The third-order valence-corrected chi connectivity index (χ3v) is 6.69. The number of anilines is 4. The minimum Gasteiger partial charge on any atom is -0.383 e. The van der Waals surface area contributed by atoms with Crippen molar-refractivity contribution < 1.29 is 9.59 Å². The molecule has 0 aliphatic carbocycles. The highest BCUT2D eigenvalue weighted by Crippen LogP contribution is 2.37. The number of hydrogen-bond donors (Lipinski definition) is 4. The van der Waals surface area contributed by atoms with Crippen LogP contribution < -0.4 is 21.7 Å². The Hall–Kier alpha value is -4.70. The summed E-state index contributed by atoms with van der Waals surface area (Å²) in [5, 5.41) is 15.1. The zero-order valence-electron chi connectivity index (χ0n) is 19.6. The van der Waals surface area contributed by atoms with Crippen LogP contribution in [0.5, 0.6) is 0 Å². The van der Waals surface area contributed by atoms with Crippen molar-refractivity contribution in [3.8, 4) is 11.1 Å². The van der Waals surface area contributed by atoms with Gasteiger partial charge in [-0.05, 0) is 42.8 Å². The van der Waals surface area contributed by atoms with E-state index in [0.717, 1.165) is 27.1 Å². The van der Waals surface area contributed by atoms with Gasteiger partial charge in [-0.25, -0.2) is 9.78 Å². The number of aromatic nitrogens is 3. The number of fused-ring (bicyclic) bond motifs is 1. The molecule has 0 spiro atoms. The predicted octanol–water partition coefficient (Wildman–Crippen LogP) is 5.48. The van der Waals surface area contributed by atoms with Gasteiger partial charge in [-0.2, -0.15) is 5.10 Å². The summed E-state index contributed by atoms with van der Waals surface area (Å²) in [6.45, 7) is 1.92. The first kappa shape index (κ1) is 23.1. The Morgan fingerprint density at radius 1 is 0.972 bits per heavy atom. The van der Waals surface area contributed by atoms with Gasteiger partial charge >= 0.3 is 6.03 Å². The molecule has 3 amide bonds. The average Bonchev–Trinajstić information content (AvgIpc) is 3.49. The topological polar surface area (TPSA) is 127 Å². The van der Waals surface area contributed by atoms with Crippen molar-refractivity contribution >= 4 is 56.2 Å². The predicted molar refractivity (Wildman–Crippen MR) is 144 cm³/mol. The van der Waals surface area contributed by atoms with Crippen LogP contribution in [0, 0.1) is 6.92 Å². The second-order valence-corrected chi connectivity index (χ2v) is 9.12. The monoisotopic (exact) mass is 497 g/mol. The van der Waals surface area contributed by atoms with Crippen molar-refractivity contribution in [2.75, 3.05) is 21.7 Å². The smallest absolute Gasteiger partial charge is 0.323 e. The fourth-order valence-electron chi connectivity index (χ4n) is 3.83. The molecule has 0 saturated heterocycles. The van der Waals surface area contributed by atoms with Crippen molar-refractivity contribution in [1.82, 2.24) is 14.8 Å². The number of carbonyl (C=O) groups excluding carboxylic acids is 2. The van der Waals surface area contributed by atoms with Gasteiger partial charge in [-0.15, -0.1) is 11.3 Å². The van der Waals surface area contributed by atoms with Gasteiger partial charge in [-0.3, -0.25) is 9.48 Å². The maximum absolute atomic E-state index is 13.1. The van der Waals surface area contributed by atoms with Crippen LogP contribution in [0.2, 0.25) is 0 Å². The highest BCUT2D eigenvalue weighted by Gasteiger charge is 2.19. The molecule has 0 fully saturated rings. The van der Waals surface area contributed by atoms with E-state index in [4.69, 9.17) is 5.73 Å². The van der Waals surface area contributed by atoms with E-state index in [0.29, 0.717) is 28.1 Å². The van der Waals surface area contributed by atoms with E-state index in [1.807, 2.05) is 44.4 Å². The van der Waals surface area contributed by atoms with Gasteiger partial charge in [0.25, 0.3) is 5.91 Å². The number of amides is 3. The molecule has 5 aromatic rings. The largest absolute Gasteiger partial charge is 0.383 e. The number of benzene rings is 2. The van der Waals surface area contributed by atoms with Gasteiger partial charge in [0.05, 0.1) is 11.8 Å². The molecule has 2 aromatic carbocycles. The van der Waals surface area contributed by atoms with Gasteiger partial charge in [-0.1, -0.05) is 18.2 Å². The lowest BCUT2D eigenvalue weighted by atomic mass is 10.1. The van der Waals surface area contributed by atoms with Crippen LogP contribution in [0.3, 0.4) is 0 Å². The van der Waals surface area contributed by atoms with Crippen molar-refractivity contribution in [2.24, 2.45) is 7.05 Å². The van der Waals surface area contributed by atoms with Crippen LogP contribution in [0.4, 0.5) is 27.7 Å². The molecule has 0 bridgehead atoms. The number of carbonyl (C=O) groups is 2. The van der Waals surface area contributed by atoms with E-state index in [1.54, 1.807) is 46.7 Å². The molecule has 0 aliphatic rings. The summed E-state index contributed by atoms with van der Waals surface area (Å²) in [5.41, 5.74) is 11.3. The van der Waals surface area contributed by atoms with Crippen molar-refractivity contribution in [2.45, 2.75) is 6.92 Å². The molecule has 3 aromatic heterocycles. The van der Waals surface area contributed by atoms with E-state index < -0.39 is 0 Å². The highest BCUT2D eigenvalue weighted by molar-refractivity contribution is 7.18. The van der Waals surface area contributed by atoms with Gasteiger partial charge in [0, 0.05) is 63.1 Å². The zero-order valence-corrected chi connectivity index (χ0v) is 20.4. The van der Waals surface area contributed by atoms with Crippen LogP contribution >= 0.6 is 11.3 Å². The number of nitrogen functional groups attached to an aromatic ring is 1. The number of pyridine rings is 1. The number of thiophene rings is 1. The SMILES string of the molecule is Cc1ccccc1NC(=O)Nc1ccc(NC(=O)c2csc3c(-c4cnn(C)c4)cnc(N)c23)cc1. The quantitative estimate of drug-likeness (QED) is 0.256. The molecule has 36 heavy (non-hydrogen) atoms. The maximum Gasteiger partial charge on any atom is 0.323 e. The molecule has 0 unspecified atom stereocenters. The number of nitrogens with one attached hydrogen (secondary N) is 3. The maximum atomic E-state index is 13.1. The number of rotatable bonds is 5. The summed E-state index contributed by atoms with van der Waals surface area (Å²) in [4.78, 5) is 29.7. The first-order chi connectivity index (χ1) is 17.4. The molecule has 0 radical (unpaired) electrons. The van der Waals surface area contributed by atoms with Gasteiger partial charge < -0.3 is 21.7 Å². The number of nitrogens with two attached hydrogens (primary N) is 1. The first-order valence-electron chi connectivity index (χ1n) is 11.1. The van der Waals surface area contributed by atoms with Gasteiger partial charge in [0.15, 0.2) is 0 Å². The summed E-state index contributed by atoms with van der Waals surface area (Å²) in [7, 11) is 1.84. The average molecular weight is 498 g/mol. The molecule has 9 nitrogen and oxygen atoms in total. The highest BCUT2D eigenvalue weighted by atomic mass is 32.1. The normalized spacial score (nSPS) is 10.8. The minimum atomic E-state index is -0.349. The van der Waals surface area contributed by atoms with E-state index in [1.165, 1.54) is 11.3 Å². The zero-order chi connectivity index (χ0) is 25.2. The molecular formula is C26H23N7O2S. The molecule has 10 heteroatoms. The molecule has 5 rings (SSSR count). The number of nitrogens with zero attached hydrogens (tertiary/aromatic N) is 3. The molecule has 0 atom stereocenters. The van der Waals surface area contributed by atoms with Crippen molar-refractivity contribution in [3.63, 3.8) is 0 Å². The molecule has 180 valence electrons. The Labute approximate surface area is 211 Å². The van der Waals surface area contributed by atoms with Crippen LogP contribution in [0.1, 0.15) is 15.9 Å². The van der Waals surface area contributed by atoms with E-state index >= 15 is 0 Å². The van der Waals surface area contributed by atoms with Crippen LogP contribution in [0.25, 0.3) is 21.2 Å². The fourth-order valence-corrected chi connectivity index (χ4v) is 4.92. The third-order valence-electron chi connectivity index (χ3n) is 5.68. The number of hydrogen-bond acceptors (Lipinski definition) is 6. The summed E-state index contributed by atoms with van der Waals surface area (Å²) >= 11 is 1.44. The van der Waals surface area contributed by atoms with Gasteiger partial charge in [0.1, 0.15) is 5.82 Å². The third kappa shape index (κ3) is 4.62. The Morgan fingerprint density at radius 2 is 1.69 bits per heavy atom. The lowest BCUT2D eigenvalue weighted by molar-refractivity contribution is 0.102. The Balaban J connectivity index is 1.30. The Morgan fingerprint density at radius 3 is 2.39 bits per heavy atom. The summed E-state index contributed by atoms with van der Waals surface area (Å²) in [6.07, 6.45) is 5.35. The number of aryl methyl sites for hydroxylation is 2. The number of urea groups is 1. The summed E-state index contributed by atoms with van der Waals surface area (Å²) in [5.74, 6) is -0.000606. The van der Waals surface area contributed by atoms with E-state index in [2.05, 4.69) is 26.0 Å². The molecule has 0 saturated carbocycles. The van der Waals surface area contributed by atoms with Crippen LogP contribution in [-0.2, 0) is 7.05 Å². The molecule has 0 aliphatic heterocycles. The minimum absolute atomic E-state index is 0.295. The van der Waals surface area contributed by atoms with Crippen molar-refractivity contribution in [3.05, 3.63) is 83.6 Å². The van der Waals surface area contributed by atoms with Crippen LogP contribution in [-0.4, -0.2) is 26.7 Å². The molecule has 5 N–H and O–H groups in total. The standard InChI is InChI=1S/C26H23N7O2S/c1-15-5-3-4-6-21(15)32-26(35)31-18-9-7-17(8-10-18)30-25(34)20-14-36-23-19(12-28-24(27)22(20)23)16-11-29-33(2)13-16/h3-14H,1-2H3,(H2,27,28)(H,30,34)(H2,31,32,35). The fraction of sp³-hybridized carbons (Fsp3) is 0.0769. The van der Waals surface area contributed by atoms with E-state index in [9.17, 15) is 9.59 Å². The first-order valence-corrected chi connectivity index (χ1v) is 12.0. The molecular weight excluding hydrogens is 474 g/mol. The Bertz CT molecular complexity index is 1590. The number of para-hydroxylation sites is 1. The Kier molecular flexibility index (Phi) is 6.09. The lowest BCUT2D eigenvalue weighted by Crippen LogP contribution is -2.20. The van der Waals surface area contributed by atoms with E-state index in [-0.39, 0.29) is 11.9 Å².